The van der Waals surface area contributed by atoms with Gasteiger partial charge in [-0.25, -0.2) is 4.79 Å². The summed E-state index contributed by atoms with van der Waals surface area (Å²) in [6, 6.07) is 31.7. The molecule has 1 heterocycles. The molecule has 0 aliphatic carbocycles. The van der Waals surface area contributed by atoms with E-state index in [4.69, 9.17) is 27.6 Å². The van der Waals surface area contributed by atoms with E-state index >= 15 is 0 Å². The van der Waals surface area contributed by atoms with Crippen molar-refractivity contribution in [1.82, 2.24) is 0 Å². The molecule has 0 unspecified atom stereocenters. The summed E-state index contributed by atoms with van der Waals surface area (Å²) < 4.78 is 5.99. The van der Waals surface area contributed by atoms with Gasteiger partial charge >= 0.3 is 5.97 Å². The number of hydrogen-bond donors (Lipinski definition) is 1. The second kappa shape index (κ2) is 10.5. The lowest BCUT2D eigenvalue weighted by molar-refractivity contribution is -0.138. The molecule has 5 aromatic rings. The lowest BCUT2D eigenvalue weighted by Crippen LogP contribution is -2.42. The van der Waals surface area contributed by atoms with Crippen LogP contribution in [0.4, 0.5) is 5.69 Å². The van der Waals surface area contributed by atoms with Crippen LogP contribution in [0.25, 0.3) is 22.3 Å². The van der Waals surface area contributed by atoms with Crippen LogP contribution in [0.3, 0.4) is 0 Å². The zero-order valence-corrected chi connectivity index (χ0v) is 20.8. The van der Waals surface area contributed by atoms with Crippen LogP contribution in [0.2, 0.25) is 10.0 Å². The van der Waals surface area contributed by atoms with Crippen LogP contribution >= 0.6 is 23.2 Å². The third-order valence-electron chi connectivity index (χ3n) is 6.17. The molecule has 0 aliphatic heterocycles. The molecule has 5 rings (SSSR count). The first-order chi connectivity index (χ1) is 17.5. The third-order valence-corrected chi connectivity index (χ3v) is 6.71. The summed E-state index contributed by atoms with van der Waals surface area (Å²) in [4.78, 5) is 14.3. The molecule has 0 amide bonds. The number of rotatable bonds is 8. The van der Waals surface area contributed by atoms with Crippen LogP contribution in [-0.4, -0.2) is 17.1 Å². The minimum atomic E-state index is -0.927. The Bertz CT molecular complexity index is 1460. The molecule has 0 bridgehead atoms. The van der Waals surface area contributed by atoms with Gasteiger partial charge in [0, 0.05) is 28.9 Å². The van der Waals surface area contributed by atoms with Crippen LogP contribution in [-0.2, 0) is 17.8 Å². The molecule has 0 saturated carbocycles. The Kier molecular flexibility index (Phi) is 6.99. The van der Waals surface area contributed by atoms with E-state index in [1.807, 2.05) is 89.8 Å². The molecule has 0 aliphatic rings. The van der Waals surface area contributed by atoms with Crippen molar-refractivity contribution < 1.29 is 14.3 Å². The van der Waals surface area contributed by atoms with Gasteiger partial charge in [0.05, 0.1) is 10.7 Å². The Balaban J connectivity index is 1.47. The normalized spacial score (nSPS) is 11.9. The van der Waals surface area contributed by atoms with Crippen LogP contribution in [0.1, 0.15) is 11.1 Å². The highest BCUT2D eigenvalue weighted by molar-refractivity contribution is 6.36. The second-order valence-corrected chi connectivity index (χ2v) is 9.46. The molecule has 1 N–H and O–H groups in total. The Hall–Kier alpha value is -3.73. The van der Waals surface area contributed by atoms with E-state index in [2.05, 4.69) is 0 Å². The Morgan fingerprint density at radius 1 is 0.833 bits per heavy atom. The van der Waals surface area contributed by atoms with E-state index in [1.54, 1.807) is 18.2 Å². The van der Waals surface area contributed by atoms with Crippen molar-refractivity contribution in [3.8, 4) is 11.3 Å². The number of furan rings is 1. The lowest BCUT2D eigenvalue weighted by Gasteiger charge is -2.32. The molecule has 6 heteroatoms. The first kappa shape index (κ1) is 24.0. The van der Waals surface area contributed by atoms with E-state index < -0.39 is 12.0 Å². The lowest BCUT2D eigenvalue weighted by atomic mass is 10.0. The highest BCUT2D eigenvalue weighted by atomic mass is 35.5. The number of aliphatic carboxylic acids is 1. The Morgan fingerprint density at radius 3 is 2.25 bits per heavy atom. The summed E-state index contributed by atoms with van der Waals surface area (Å²) >= 11 is 12.7. The maximum atomic E-state index is 12.5. The number of halogens is 2. The van der Waals surface area contributed by atoms with Gasteiger partial charge in [-0.1, -0.05) is 96.0 Å². The standard InChI is InChI=1S/C30H23Cl2NO3/c31-24-14-15-26(25(32)18-24)33(27(30(34)35)16-20-6-2-1-3-7-20)19-21-10-12-22(13-11-21)29-17-23-8-4-5-9-28(23)36-29/h1-15,17-18,27H,16,19H2,(H,34,35)/t27-/m0/s1. The topological polar surface area (TPSA) is 53.7 Å². The second-order valence-electron chi connectivity index (χ2n) is 8.61. The molecule has 4 aromatic carbocycles. The predicted molar refractivity (Wildman–Crippen MR) is 146 cm³/mol. The number of carboxylic acids is 1. The number of hydrogen-bond acceptors (Lipinski definition) is 3. The van der Waals surface area contributed by atoms with Crippen molar-refractivity contribution in [2.75, 3.05) is 4.90 Å². The molecule has 1 aromatic heterocycles. The van der Waals surface area contributed by atoms with Gasteiger partial charge in [-0.15, -0.1) is 0 Å². The van der Waals surface area contributed by atoms with Crippen LogP contribution in [0, 0.1) is 0 Å². The molecule has 1 atom stereocenters. The fourth-order valence-electron chi connectivity index (χ4n) is 4.34. The first-order valence-corrected chi connectivity index (χ1v) is 12.3. The summed E-state index contributed by atoms with van der Waals surface area (Å²) in [6.07, 6.45) is 0.326. The maximum Gasteiger partial charge on any atom is 0.326 e. The average molecular weight is 516 g/mol. The van der Waals surface area contributed by atoms with Crippen molar-refractivity contribution >= 4 is 45.8 Å². The summed E-state index contributed by atoms with van der Waals surface area (Å²) in [5, 5.41) is 12.2. The SMILES string of the molecule is O=C(O)[C@H](Cc1ccccc1)N(Cc1ccc(-c2cc3ccccc3o2)cc1)c1ccc(Cl)cc1Cl. The molecule has 0 fully saturated rings. The van der Waals surface area contributed by atoms with E-state index in [1.165, 1.54) is 0 Å². The minimum Gasteiger partial charge on any atom is -0.480 e. The largest absolute Gasteiger partial charge is 0.480 e. The highest BCUT2D eigenvalue weighted by Gasteiger charge is 2.28. The van der Waals surface area contributed by atoms with Gasteiger partial charge in [-0.05, 0) is 41.5 Å². The fraction of sp³-hybridized carbons (Fsp3) is 0.100. The number of nitrogens with zero attached hydrogens (tertiary/aromatic N) is 1. The van der Waals surface area contributed by atoms with E-state index in [9.17, 15) is 9.90 Å². The van der Waals surface area contributed by atoms with E-state index in [0.717, 1.165) is 33.4 Å². The molecule has 180 valence electrons. The monoisotopic (exact) mass is 515 g/mol. The summed E-state index contributed by atoms with van der Waals surface area (Å²) in [5.41, 5.74) is 4.28. The van der Waals surface area contributed by atoms with Gasteiger partial charge in [0.15, 0.2) is 0 Å². The smallest absolute Gasteiger partial charge is 0.326 e. The van der Waals surface area contributed by atoms with Gasteiger partial charge in [0.2, 0.25) is 0 Å². The number of benzene rings is 4. The zero-order chi connectivity index (χ0) is 25.1. The van der Waals surface area contributed by atoms with Gasteiger partial charge < -0.3 is 14.4 Å². The Labute approximate surface area is 219 Å². The quantitative estimate of drug-likeness (QED) is 0.226. The number of anilines is 1. The van der Waals surface area contributed by atoms with Gasteiger partial charge in [-0.2, -0.15) is 0 Å². The van der Waals surface area contributed by atoms with Crippen LogP contribution in [0.15, 0.2) is 108 Å². The number of carboxylic acid groups (broad SMARTS) is 1. The van der Waals surface area contributed by atoms with E-state index in [-0.39, 0.29) is 0 Å². The molecule has 36 heavy (non-hydrogen) atoms. The van der Waals surface area contributed by atoms with Crippen LogP contribution < -0.4 is 4.90 Å². The summed E-state index contributed by atoms with van der Waals surface area (Å²) in [6.45, 7) is 0.353. The van der Waals surface area contributed by atoms with Crippen molar-refractivity contribution in [1.29, 1.82) is 0 Å². The summed E-state index contributed by atoms with van der Waals surface area (Å²) in [5.74, 6) is -0.142. The van der Waals surface area contributed by atoms with Gasteiger partial charge in [0.25, 0.3) is 0 Å². The first-order valence-electron chi connectivity index (χ1n) is 11.5. The average Bonchev–Trinajstić information content (AvgIpc) is 3.32. The van der Waals surface area contributed by atoms with Crippen molar-refractivity contribution in [2.45, 2.75) is 19.0 Å². The Morgan fingerprint density at radius 2 is 1.56 bits per heavy atom. The molecular weight excluding hydrogens is 493 g/mol. The van der Waals surface area contributed by atoms with Gasteiger partial charge in [-0.3, -0.25) is 0 Å². The number of carbonyl (C=O) groups is 1. The number of fused-ring (bicyclic) bond motifs is 1. The van der Waals surface area contributed by atoms with E-state index in [0.29, 0.717) is 28.7 Å². The molecule has 0 radical (unpaired) electrons. The number of para-hydroxylation sites is 1. The molecule has 0 saturated heterocycles. The predicted octanol–water partition coefficient (Wildman–Crippen LogP) is 8.11. The molecule has 4 nitrogen and oxygen atoms in total. The fourth-order valence-corrected chi connectivity index (χ4v) is 4.86. The van der Waals surface area contributed by atoms with Crippen molar-refractivity contribution in [2.24, 2.45) is 0 Å². The van der Waals surface area contributed by atoms with Gasteiger partial charge in [0.1, 0.15) is 17.4 Å². The zero-order valence-electron chi connectivity index (χ0n) is 19.3. The van der Waals surface area contributed by atoms with Crippen molar-refractivity contribution in [3.63, 3.8) is 0 Å². The molecule has 0 spiro atoms. The highest BCUT2D eigenvalue weighted by Crippen LogP contribution is 2.33. The van der Waals surface area contributed by atoms with Crippen molar-refractivity contribution in [3.05, 3.63) is 124 Å². The third kappa shape index (κ3) is 5.25. The minimum absolute atomic E-state index is 0.326. The summed E-state index contributed by atoms with van der Waals surface area (Å²) in [7, 11) is 0. The molecular formula is C30H23Cl2NO3. The maximum absolute atomic E-state index is 12.5. The van der Waals surface area contributed by atoms with Crippen LogP contribution in [0.5, 0.6) is 0 Å².